The minimum Gasteiger partial charge on any atom is -0.308 e. The highest BCUT2D eigenvalue weighted by molar-refractivity contribution is 6.30. The zero-order valence-electron chi connectivity index (χ0n) is 8.91. The maximum absolute atomic E-state index is 11.6. The lowest BCUT2D eigenvalue weighted by atomic mass is 10.3. The summed E-state index contributed by atoms with van der Waals surface area (Å²) in [6.45, 7) is 0. The molecular weight excluding hydrogens is 236 g/mol. The Hall–Kier alpha value is -2.00. The smallest absolute Gasteiger partial charge is 0.308 e. The van der Waals surface area contributed by atoms with E-state index in [4.69, 9.17) is 11.6 Å². The molecule has 2 aromatic rings. The second-order valence-corrected chi connectivity index (χ2v) is 3.81. The van der Waals surface area contributed by atoms with Crippen LogP contribution in [0.5, 0.6) is 0 Å². The number of carbonyl (C=O) groups is 1. The summed E-state index contributed by atoms with van der Waals surface area (Å²) in [5.74, 6) is 0. The van der Waals surface area contributed by atoms with E-state index >= 15 is 0 Å². The molecule has 0 bridgehead atoms. The molecule has 2 N–H and O–H groups in total. The second-order valence-electron chi connectivity index (χ2n) is 3.37. The van der Waals surface area contributed by atoms with Crippen molar-refractivity contribution in [1.29, 1.82) is 0 Å². The lowest BCUT2D eigenvalue weighted by Gasteiger charge is -2.07. The number of benzene rings is 2. The Labute approximate surface area is 104 Å². The number of anilines is 2. The van der Waals surface area contributed by atoms with Crippen molar-refractivity contribution in [1.82, 2.24) is 0 Å². The molecular formula is C13H10ClN2O. The van der Waals surface area contributed by atoms with Crippen molar-refractivity contribution in [3.63, 3.8) is 0 Å². The Morgan fingerprint density at radius 1 is 0.941 bits per heavy atom. The Balaban J connectivity index is 1.96. The highest BCUT2D eigenvalue weighted by Crippen LogP contribution is 2.13. The fraction of sp³-hybridized carbons (Fsp3) is 0. The molecule has 0 saturated carbocycles. The average molecular weight is 246 g/mol. The van der Waals surface area contributed by atoms with Crippen LogP contribution >= 0.6 is 11.6 Å². The minimum absolute atomic E-state index is 0.293. The summed E-state index contributed by atoms with van der Waals surface area (Å²) in [6, 6.07) is 16.5. The van der Waals surface area contributed by atoms with Crippen molar-refractivity contribution < 1.29 is 4.79 Å². The lowest BCUT2D eigenvalue weighted by molar-refractivity contribution is 0.262. The molecule has 2 amide bonds. The molecule has 2 rings (SSSR count). The van der Waals surface area contributed by atoms with Gasteiger partial charge in [0.25, 0.3) is 0 Å². The molecule has 0 aliphatic carbocycles. The monoisotopic (exact) mass is 245 g/mol. The molecule has 17 heavy (non-hydrogen) atoms. The van der Waals surface area contributed by atoms with Gasteiger partial charge in [0.15, 0.2) is 0 Å². The van der Waals surface area contributed by atoms with Gasteiger partial charge in [-0.2, -0.15) is 0 Å². The largest absolute Gasteiger partial charge is 0.323 e. The van der Waals surface area contributed by atoms with Gasteiger partial charge in [-0.1, -0.05) is 23.7 Å². The molecule has 0 saturated heterocycles. The number of nitrogens with one attached hydrogen (secondary N) is 2. The zero-order chi connectivity index (χ0) is 12.1. The number of amides is 2. The molecule has 2 aromatic carbocycles. The van der Waals surface area contributed by atoms with Crippen LogP contribution in [0.1, 0.15) is 0 Å². The van der Waals surface area contributed by atoms with E-state index in [1.807, 2.05) is 0 Å². The number of urea groups is 1. The topological polar surface area (TPSA) is 41.1 Å². The molecule has 0 heterocycles. The Bertz CT molecular complexity index is 497. The fourth-order valence-corrected chi connectivity index (χ4v) is 1.42. The number of hydrogen-bond acceptors (Lipinski definition) is 1. The van der Waals surface area contributed by atoms with Crippen LogP contribution in [0.15, 0.2) is 48.5 Å². The van der Waals surface area contributed by atoms with Gasteiger partial charge in [-0.05, 0) is 42.5 Å². The van der Waals surface area contributed by atoms with Crippen molar-refractivity contribution in [2.45, 2.75) is 0 Å². The van der Waals surface area contributed by atoms with Crippen LogP contribution < -0.4 is 10.6 Å². The third-order valence-electron chi connectivity index (χ3n) is 2.08. The SMILES string of the molecule is O=C(Nc1cc[c]cc1)Nc1ccc(Cl)cc1. The summed E-state index contributed by atoms with van der Waals surface area (Å²) in [5.41, 5.74) is 1.41. The summed E-state index contributed by atoms with van der Waals surface area (Å²) < 4.78 is 0. The molecule has 0 aromatic heterocycles. The van der Waals surface area contributed by atoms with Crippen molar-refractivity contribution in [3.8, 4) is 0 Å². The first kappa shape index (κ1) is 11.5. The Morgan fingerprint density at radius 2 is 1.47 bits per heavy atom. The summed E-state index contributed by atoms with van der Waals surface area (Å²) in [5, 5.41) is 6.03. The van der Waals surface area contributed by atoms with Gasteiger partial charge in [0.2, 0.25) is 0 Å². The third kappa shape index (κ3) is 3.50. The maximum Gasteiger partial charge on any atom is 0.323 e. The first-order valence-electron chi connectivity index (χ1n) is 5.04. The number of halogens is 1. The first-order valence-corrected chi connectivity index (χ1v) is 5.41. The highest BCUT2D eigenvalue weighted by Gasteiger charge is 2.01. The summed E-state index contributed by atoms with van der Waals surface area (Å²) in [6.07, 6.45) is 0. The molecule has 85 valence electrons. The lowest BCUT2D eigenvalue weighted by Crippen LogP contribution is -2.19. The minimum atomic E-state index is -0.293. The molecule has 3 nitrogen and oxygen atoms in total. The normalized spacial score (nSPS) is 9.71. The Morgan fingerprint density at radius 3 is 2.06 bits per heavy atom. The van der Waals surface area contributed by atoms with Gasteiger partial charge < -0.3 is 10.6 Å². The van der Waals surface area contributed by atoms with Crippen LogP contribution in [0.25, 0.3) is 0 Å². The van der Waals surface area contributed by atoms with E-state index in [9.17, 15) is 4.79 Å². The zero-order valence-corrected chi connectivity index (χ0v) is 9.66. The maximum atomic E-state index is 11.6. The van der Waals surface area contributed by atoms with Crippen LogP contribution in [-0.2, 0) is 0 Å². The number of carbonyl (C=O) groups excluding carboxylic acids is 1. The quantitative estimate of drug-likeness (QED) is 0.831. The van der Waals surface area contributed by atoms with Gasteiger partial charge >= 0.3 is 6.03 Å². The van der Waals surface area contributed by atoms with Crippen molar-refractivity contribution in [2.24, 2.45) is 0 Å². The van der Waals surface area contributed by atoms with Gasteiger partial charge in [0.05, 0.1) is 0 Å². The van der Waals surface area contributed by atoms with Crippen LogP contribution in [-0.4, -0.2) is 6.03 Å². The van der Waals surface area contributed by atoms with Crippen LogP contribution in [0.3, 0.4) is 0 Å². The van der Waals surface area contributed by atoms with E-state index in [0.29, 0.717) is 10.7 Å². The second kappa shape index (κ2) is 5.37. The average Bonchev–Trinajstić information content (AvgIpc) is 2.33. The van der Waals surface area contributed by atoms with E-state index in [0.717, 1.165) is 5.69 Å². The molecule has 0 aliphatic rings. The summed E-state index contributed by atoms with van der Waals surface area (Å²) in [4.78, 5) is 11.6. The summed E-state index contributed by atoms with van der Waals surface area (Å²) >= 11 is 5.75. The summed E-state index contributed by atoms with van der Waals surface area (Å²) in [7, 11) is 0. The first-order chi connectivity index (χ1) is 8.24. The van der Waals surface area contributed by atoms with E-state index in [1.165, 1.54) is 0 Å². The molecule has 4 heteroatoms. The van der Waals surface area contributed by atoms with E-state index in [-0.39, 0.29) is 6.03 Å². The highest BCUT2D eigenvalue weighted by atomic mass is 35.5. The molecule has 0 fully saturated rings. The van der Waals surface area contributed by atoms with E-state index in [2.05, 4.69) is 16.7 Å². The predicted octanol–water partition coefficient (Wildman–Crippen LogP) is 3.78. The van der Waals surface area contributed by atoms with Gasteiger partial charge in [-0.15, -0.1) is 0 Å². The van der Waals surface area contributed by atoms with Crippen LogP contribution in [0, 0.1) is 6.07 Å². The van der Waals surface area contributed by atoms with Crippen molar-refractivity contribution in [2.75, 3.05) is 10.6 Å². The third-order valence-corrected chi connectivity index (χ3v) is 2.33. The molecule has 0 spiro atoms. The van der Waals surface area contributed by atoms with E-state index in [1.54, 1.807) is 48.5 Å². The van der Waals surface area contributed by atoms with Crippen LogP contribution in [0.4, 0.5) is 16.2 Å². The van der Waals surface area contributed by atoms with E-state index < -0.39 is 0 Å². The molecule has 0 atom stereocenters. The number of hydrogen-bond donors (Lipinski definition) is 2. The van der Waals surface area contributed by atoms with Gasteiger partial charge in [-0.25, -0.2) is 4.79 Å². The van der Waals surface area contributed by atoms with Gasteiger partial charge in [0.1, 0.15) is 0 Å². The standard InChI is InChI=1S/C13H10ClN2O/c14-10-6-8-12(9-7-10)16-13(17)15-11-4-2-1-3-5-11/h2-9H,(H2,15,16,17). The van der Waals surface area contributed by atoms with Gasteiger partial charge in [0, 0.05) is 16.4 Å². The van der Waals surface area contributed by atoms with Crippen molar-refractivity contribution >= 4 is 29.0 Å². The molecule has 1 radical (unpaired) electrons. The predicted molar refractivity (Wildman–Crippen MR) is 69.4 cm³/mol. The van der Waals surface area contributed by atoms with Crippen LogP contribution in [0.2, 0.25) is 5.02 Å². The molecule has 0 unspecified atom stereocenters. The molecule has 0 aliphatic heterocycles. The number of rotatable bonds is 2. The van der Waals surface area contributed by atoms with Crippen molar-refractivity contribution in [3.05, 3.63) is 59.6 Å². The fourth-order valence-electron chi connectivity index (χ4n) is 1.30. The van der Waals surface area contributed by atoms with Gasteiger partial charge in [-0.3, -0.25) is 0 Å². The Kier molecular flexibility index (Phi) is 3.62.